The number of carbonyl (C=O) groups excluding carboxylic acids is 2. The van der Waals surface area contributed by atoms with Crippen LogP contribution in [0.3, 0.4) is 0 Å². The molecule has 1 heterocycles. The Bertz CT molecular complexity index is 1090. The van der Waals surface area contributed by atoms with E-state index in [0.717, 1.165) is 3.57 Å². The molecule has 1 saturated heterocycles. The first-order valence-electron chi connectivity index (χ1n) is 8.63. The van der Waals surface area contributed by atoms with Gasteiger partial charge in [0.05, 0.1) is 28.0 Å². The van der Waals surface area contributed by atoms with Gasteiger partial charge in [-0.05, 0) is 83.7 Å². The number of hydrogen-bond acceptors (Lipinski definition) is 5. The summed E-state index contributed by atoms with van der Waals surface area (Å²) in [6, 6.07) is 8.12. The molecule has 0 saturated carbocycles. The summed E-state index contributed by atoms with van der Waals surface area (Å²) in [6.45, 7) is 2.28. The van der Waals surface area contributed by atoms with E-state index in [9.17, 15) is 9.59 Å². The van der Waals surface area contributed by atoms with Crippen LogP contribution in [-0.2, 0) is 9.59 Å². The fraction of sp³-hybridized carbons (Fsp3) is 0.150. The van der Waals surface area contributed by atoms with Gasteiger partial charge in [-0.2, -0.15) is 0 Å². The second-order valence-electron chi connectivity index (χ2n) is 6.02. The van der Waals surface area contributed by atoms with E-state index in [1.807, 2.05) is 6.92 Å². The lowest BCUT2D eigenvalue weighted by atomic mass is 10.1. The monoisotopic (exact) mass is 576 g/mol. The third-order valence-corrected chi connectivity index (χ3v) is 5.72. The van der Waals surface area contributed by atoms with Crippen LogP contribution < -0.4 is 19.7 Å². The predicted molar refractivity (Wildman–Crippen MR) is 130 cm³/mol. The Balaban J connectivity index is 2.07. The molecule has 0 radical (unpaired) electrons. The zero-order valence-electron chi connectivity index (χ0n) is 15.8. The minimum Gasteiger partial charge on any atom is -0.492 e. The van der Waals surface area contributed by atoms with Gasteiger partial charge in [-0.15, -0.1) is 0 Å². The molecule has 1 N–H and O–H groups in total. The molecule has 0 bridgehead atoms. The molecule has 2 amide bonds. The maximum absolute atomic E-state index is 13.2. The number of hydrogen-bond donors (Lipinski definition) is 1. The van der Waals surface area contributed by atoms with E-state index >= 15 is 0 Å². The molecule has 1 aliphatic rings. The van der Waals surface area contributed by atoms with Crippen molar-refractivity contribution < 1.29 is 19.1 Å². The minimum absolute atomic E-state index is 0.0642. The van der Waals surface area contributed by atoms with Crippen LogP contribution in [0.15, 0.2) is 35.9 Å². The summed E-state index contributed by atoms with van der Waals surface area (Å²) in [5.41, 5.74) is 0.816. The molecule has 10 heteroatoms. The Morgan fingerprint density at radius 2 is 1.97 bits per heavy atom. The number of carbonyl (C=O) groups is 2. The van der Waals surface area contributed by atoms with Crippen molar-refractivity contribution in [3.8, 4) is 11.5 Å². The lowest BCUT2D eigenvalue weighted by Gasteiger charge is -2.29. The normalized spacial score (nSPS) is 15.4. The van der Waals surface area contributed by atoms with Gasteiger partial charge in [-0.1, -0.05) is 23.2 Å². The Morgan fingerprint density at radius 3 is 2.60 bits per heavy atom. The standard InChI is InChI=1S/C20H15Cl2IN2O4S/c1-3-29-16-8-10(7-14(23)17(16)28-2)6-12-18(26)24-20(30)25(19(12)27)15-5-4-11(21)9-13(15)22/h4-9H,3H2,1-2H3,(H,24,26,30)/b12-6-. The molecular formula is C20H15Cl2IN2O4S. The van der Waals surface area contributed by atoms with E-state index in [1.165, 1.54) is 17.0 Å². The smallest absolute Gasteiger partial charge is 0.270 e. The van der Waals surface area contributed by atoms with Gasteiger partial charge in [-0.3, -0.25) is 19.8 Å². The number of anilines is 1. The van der Waals surface area contributed by atoms with Gasteiger partial charge in [0, 0.05) is 5.02 Å². The van der Waals surface area contributed by atoms with Crippen LogP contribution in [-0.4, -0.2) is 30.6 Å². The molecule has 2 aromatic rings. The van der Waals surface area contributed by atoms with E-state index in [2.05, 4.69) is 27.9 Å². The van der Waals surface area contributed by atoms with Gasteiger partial charge in [-0.25, -0.2) is 0 Å². The SMILES string of the molecule is CCOc1cc(/C=C2/C(=O)NC(=S)N(c3ccc(Cl)cc3Cl)C2=O)cc(I)c1OC. The number of nitrogens with zero attached hydrogens (tertiary/aromatic N) is 1. The molecule has 30 heavy (non-hydrogen) atoms. The first-order chi connectivity index (χ1) is 14.3. The molecule has 0 unspecified atom stereocenters. The third kappa shape index (κ3) is 4.56. The van der Waals surface area contributed by atoms with E-state index in [0.29, 0.717) is 34.4 Å². The molecule has 156 valence electrons. The van der Waals surface area contributed by atoms with Gasteiger partial charge in [0.1, 0.15) is 5.57 Å². The van der Waals surface area contributed by atoms with Crippen molar-refractivity contribution in [2.45, 2.75) is 6.92 Å². The zero-order chi connectivity index (χ0) is 22.0. The third-order valence-electron chi connectivity index (χ3n) is 4.10. The number of ether oxygens (including phenoxy) is 2. The predicted octanol–water partition coefficient (Wildman–Crippen LogP) is 4.84. The van der Waals surface area contributed by atoms with Gasteiger partial charge in [0.15, 0.2) is 16.6 Å². The molecule has 0 aromatic heterocycles. The van der Waals surface area contributed by atoms with Gasteiger partial charge >= 0.3 is 0 Å². The Morgan fingerprint density at radius 1 is 1.23 bits per heavy atom. The van der Waals surface area contributed by atoms with Crippen molar-refractivity contribution in [1.29, 1.82) is 0 Å². The highest BCUT2D eigenvalue weighted by molar-refractivity contribution is 14.1. The fourth-order valence-electron chi connectivity index (χ4n) is 2.84. The molecule has 0 aliphatic carbocycles. The maximum atomic E-state index is 13.2. The highest BCUT2D eigenvalue weighted by atomic mass is 127. The first kappa shape index (κ1) is 22.8. The topological polar surface area (TPSA) is 67.9 Å². The summed E-state index contributed by atoms with van der Waals surface area (Å²) >= 11 is 19.5. The molecule has 1 aliphatic heterocycles. The largest absolute Gasteiger partial charge is 0.492 e. The number of methoxy groups -OCH3 is 1. The van der Waals surface area contributed by atoms with Crippen LogP contribution in [0.5, 0.6) is 11.5 Å². The van der Waals surface area contributed by atoms with Crippen molar-refractivity contribution >= 4 is 86.7 Å². The van der Waals surface area contributed by atoms with Crippen LogP contribution in [0.1, 0.15) is 12.5 Å². The van der Waals surface area contributed by atoms with Crippen LogP contribution in [0, 0.1) is 3.57 Å². The fourth-order valence-corrected chi connectivity index (χ4v) is 4.45. The average Bonchev–Trinajstić information content (AvgIpc) is 2.67. The Kier molecular flexibility index (Phi) is 7.22. The molecule has 1 fully saturated rings. The van der Waals surface area contributed by atoms with Crippen molar-refractivity contribution in [2.24, 2.45) is 0 Å². The number of amides is 2. The van der Waals surface area contributed by atoms with E-state index < -0.39 is 11.8 Å². The number of rotatable bonds is 5. The molecule has 0 atom stereocenters. The van der Waals surface area contributed by atoms with Crippen molar-refractivity contribution in [3.63, 3.8) is 0 Å². The van der Waals surface area contributed by atoms with Crippen LogP contribution >= 0.6 is 58.0 Å². The van der Waals surface area contributed by atoms with E-state index in [-0.39, 0.29) is 15.7 Å². The van der Waals surface area contributed by atoms with Crippen LogP contribution in [0.25, 0.3) is 6.08 Å². The quantitative estimate of drug-likeness (QED) is 0.239. The highest BCUT2D eigenvalue weighted by Gasteiger charge is 2.35. The van der Waals surface area contributed by atoms with Crippen LogP contribution in [0.2, 0.25) is 10.0 Å². The van der Waals surface area contributed by atoms with Gasteiger partial charge < -0.3 is 9.47 Å². The summed E-state index contributed by atoms with van der Waals surface area (Å²) in [6.07, 6.45) is 1.47. The second kappa shape index (κ2) is 9.51. The Labute approximate surface area is 202 Å². The average molecular weight is 577 g/mol. The van der Waals surface area contributed by atoms with Crippen molar-refractivity contribution in [1.82, 2.24) is 5.32 Å². The number of nitrogens with one attached hydrogen (secondary N) is 1. The number of thiocarbonyl (C=S) groups is 1. The number of benzene rings is 2. The summed E-state index contributed by atoms with van der Waals surface area (Å²) in [5.74, 6) is -0.114. The lowest BCUT2D eigenvalue weighted by molar-refractivity contribution is -0.122. The molecule has 0 spiro atoms. The Hall–Kier alpha value is -1.88. The lowest BCUT2D eigenvalue weighted by Crippen LogP contribution is -2.54. The molecule has 3 rings (SSSR count). The number of halogens is 3. The van der Waals surface area contributed by atoms with E-state index in [4.69, 9.17) is 44.9 Å². The van der Waals surface area contributed by atoms with Crippen molar-refractivity contribution in [2.75, 3.05) is 18.6 Å². The van der Waals surface area contributed by atoms with Gasteiger partial charge in [0.25, 0.3) is 11.8 Å². The summed E-state index contributed by atoms with van der Waals surface area (Å²) in [4.78, 5) is 26.9. The highest BCUT2D eigenvalue weighted by Crippen LogP contribution is 2.35. The summed E-state index contributed by atoms with van der Waals surface area (Å²) < 4.78 is 11.8. The van der Waals surface area contributed by atoms with Crippen LogP contribution in [0.4, 0.5) is 5.69 Å². The molecular weight excluding hydrogens is 562 g/mol. The molecule has 6 nitrogen and oxygen atoms in total. The van der Waals surface area contributed by atoms with E-state index in [1.54, 1.807) is 31.4 Å². The maximum Gasteiger partial charge on any atom is 0.270 e. The first-order valence-corrected chi connectivity index (χ1v) is 10.9. The van der Waals surface area contributed by atoms with Gasteiger partial charge in [0.2, 0.25) is 0 Å². The zero-order valence-corrected chi connectivity index (χ0v) is 20.3. The minimum atomic E-state index is -0.602. The summed E-state index contributed by atoms with van der Waals surface area (Å²) in [7, 11) is 1.55. The summed E-state index contributed by atoms with van der Waals surface area (Å²) in [5, 5.41) is 3.10. The molecule has 2 aromatic carbocycles. The second-order valence-corrected chi connectivity index (χ2v) is 8.41. The van der Waals surface area contributed by atoms with Crippen molar-refractivity contribution in [3.05, 3.63) is 55.1 Å².